The van der Waals surface area contributed by atoms with Gasteiger partial charge in [-0.15, -0.1) is 0 Å². The van der Waals surface area contributed by atoms with E-state index in [2.05, 4.69) is 10.3 Å². The molecule has 0 radical (unpaired) electrons. The van der Waals surface area contributed by atoms with E-state index in [1.807, 2.05) is 6.26 Å². The number of thioether (sulfide) groups is 1. The summed E-state index contributed by atoms with van der Waals surface area (Å²) in [5.41, 5.74) is 1.41. The summed E-state index contributed by atoms with van der Waals surface area (Å²) in [6.07, 6.45) is 4.82. The third-order valence-electron chi connectivity index (χ3n) is 4.62. The van der Waals surface area contributed by atoms with E-state index in [9.17, 15) is 19.1 Å². The molecule has 0 fully saturated rings. The fourth-order valence-electron chi connectivity index (χ4n) is 3.08. The monoisotopic (exact) mass is 415 g/mol. The van der Waals surface area contributed by atoms with Gasteiger partial charge in [0.1, 0.15) is 16.9 Å². The first-order valence-electron chi connectivity index (χ1n) is 9.14. The van der Waals surface area contributed by atoms with Gasteiger partial charge in [0, 0.05) is 19.8 Å². The predicted molar refractivity (Wildman–Crippen MR) is 113 cm³/mol. The number of carbonyl (C=O) groups is 1. The van der Waals surface area contributed by atoms with Crippen molar-refractivity contribution in [2.45, 2.75) is 12.8 Å². The van der Waals surface area contributed by atoms with Crippen molar-refractivity contribution < 1.29 is 14.3 Å². The highest BCUT2D eigenvalue weighted by Gasteiger charge is 2.22. The Morgan fingerprint density at radius 2 is 2.00 bits per heavy atom. The summed E-state index contributed by atoms with van der Waals surface area (Å²) < 4.78 is 14.4. The molecule has 0 aliphatic carbocycles. The number of aromatic nitrogens is 2. The molecule has 0 saturated heterocycles. The van der Waals surface area contributed by atoms with Crippen molar-refractivity contribution in [2.24, 2.45) is 7.05 Å². The topological polar surface area (TPSA) is 84.2 Å². The summed E-state index contributed by atoms with van der Waals surface area (Å²) in [5.74, 6) is -0.445. The van der Waals surface area contributed by atoms with Gasteiger partial charge in [0.05, 0.1) is 5.52 Å². The predicted octanol–water partition coefficient (Wildman–Crippen LogP) is 2.85. The smallest absolute Gasteiger partial charge is 0.267 e. The number of hydrogen-bond acceptors (Lipinski definition) is 5. The van der Waals surface area contributed by atoms with Gasteiger partial charge in [0.2, 0.25) is 0 Å². The minimum atomic E-state index is -0.608. The molecule has 0 unspecified atom stereocenters. The first-order valence-corrected chi connectivity index (χ1v) is 10.5. The Bertz CT molecular complexity index is 1100. The van der Waals surface area contributed by atoms with E-state index in [0.717, 1.165) is 23.3 Å². The molecule has 0 aliphatic heterocycles. The summed E-state index contributed by atoms with van der Waals surface area (Å²) in [6, 6.07) is 7.87. The lowest BCUT2D eigenvalue weighted by Crippen LogP contribution is -2.33. The Balaban J connectivity index is 1.94. The molecular weight excluding hydrogens is 393 g/mol. The van der Waals surface area contributed by atoms with E-state index in [4.69, 9.17) is 0 Å². The number of amides is 1. The third-order valence-corrected chi connectivity index (χ3v) is 5.32. The first kappa shape index (κ1) is 20.9. The van der Waals surface area contributed by atoms with E-state index in [1.54, 1.807) is 36.2 Å². The number of benzene rings is 1. The molecule has 6 nitrogen and oxygen atoms in total. The van der Waals surface area contributed by atoms with Gasteiger partial charge in [-0.1, -0.05) is 12.1 Å². The van der Waals surface area contributed by atoms with Gasteiger partial charge in [0.15, 0.2) is 5.75 Å². The van der Waals surface area contributed by atoms with E-state index < -0.39 is 17.2 Å². The van der Waals surface area contributed by atoms with Crippen molar-refractivity contribution >= 4 is 28.7 Å². The summed E-state index contributed by atoms with van der Waals surface area (Å²) in [6.45, 7) is 0.421. The number of halogens is 1. The number of aryl methyl sites for hydroxylation is 1. The van der Waals surface area contributed by atoms with Gasteiger partial charge in [-0.05, 0) is 54.2 Å². The van der Waals surface area contributed by atoms with Crippen LogP contribution in [-0.2, 0) is 13.5 Å². The molecule has 0 bridgehead atoms. The second-order valence-corrected chi connectivity index (χ2v) is 7.69. The van der Waals surface area contributed by atoms with Gasteiger partial charge in [-0.2, -0.15) is 11.8 Å². The maximum absolute atomic E-state index is 13.1. The van der Waals surface area contributed by atoms with Crippen molar-refractivity contribution in [1.82, 2.24) is 14.9 Å². The van der Waals surface area contributed by atoms with Crippen molar-refractivity contribution in [2.75, 3.05) is 18.6 Å². The molecule has 1 aromatic carbocycles. The fourth-order valence-corrected chi connectivity index (χ4v) is 3.51. The molecule has 152 valence electrons. The summed E-state index contributed by atoms with van der Waals surface area (Å²) >= 11 is 1.67. The van der Waals surface area contributed by atoms with Crippen molar-refractivity contribution in [3.63, 3.8) is 0 Å². The molecule has 2 heterocycles. The van der Waals surface area contributed by atoms with Crippen molar-refractivity contribution in [1.29, 1.82) is 0 Å². The molecule has 2 N–H and O–H groups in total. The van der Waals surface area contributed by atoms with Gasteiger partial charge in [0.25, 0.3) is 11.5 Å². The van der Waals surface area contributed by atoms with Crippen LogP contribution in [0, 0.1) is 5.82 Å². The number of fused-ring (bicyclic) bond motifs is 1. The SMILES string of the molecule is CSCCCNC(=O)c1c(O)c2ncc(Cc3ccc(F)cc3)cc2n(C)c1=O. The van der Waals surface area contributed by atoms with Gasteiger partial charge in [-0.3, -0.25) is 14.6 Å². The summed E-state index contributed by atoms with van der Waals surface area (Å²) in [5, 5.41) is 13.2. The quantitative estimate of drug-likeness (QED) is 0.580. The highest BCUT2D eigenvalue weighted by Crippen LogP contribution is 2.25. The molecule has 1 amide bonds. The Morgan fingerprint density at radius 3 is 2.69 bits per heavy atom. The van der Waals surface area contributed by atoms with Crippen LogP contribution in [0.5, 0.6) is 5.75 Å². The van der Waals surface area contributed by atoms with Crippen molar-refractivity contribution in [3.05, 3.63) is 69.4 Å². The molecule has 0 spiro atoms. The molecule has 2 aromatic heterocycles. The first-order chi connectivity index (χ1) is 13.9. The number of aromatic hydroxyl groups is 1. The number of hydrogen-bond donors (Lipinski definition) is 2. The Labute approximate surface area is 171 Å². The van der Waals surface area contributed by atoms with Crippen LogP contribution in [-0.4, -0.2) is 39.1 Å². The number of nitrogens with zero attached hydrogens (tertiary/aromatic N) is 2. The molecule has 8 heteroatoms. The van der Waals surface area contributed by atoms with Crippen LogP contribution in [0.25, 0.3) is 11.0 Å². The second kappa shape index (κ2) is 9.09. The Kier molecular flexibility index (Phi) is 6.53. The maximum Gasteiger partial charge on any atom is 0.267 e. The van der Waals surface area contributed by atoms with E-state index >= 15 is 0 Å². The van der Waals surface area contributed by atoms with Gasteiger partial charge >= 0.3 is 0 Å². The highest BCUT2D eigenvalue weighted by atomic mass is 32.2. The summed E-state index contributed by atoms with van der Waals surface area (Å²) in [7, 11) is 1.54. The van der Waals surface area contributed by atoms with Crippen LogP contribution in [0.2, 0.25) is 0 Å². The van der Waals surface area contributed by atoms with Crippen molar-refractivity contribution in [3.8, 4) is 5.75 Å². The molecule has 0 aliphatic rings. The van der Waals surface area contributed by atoms with Gasteiger partial charge in [-0.25, -0.2) is 4.39 Å². The maximum atomic E-state index is 13.1. The summed E-state index contributed by atoms with van der Waals surface area (Å²) in [4.78, 5) is 29.4. The molecule has 0 saturated carbocycles. The van der Waals surface area contributed by atoms with Crippen LogP contribution in [0.3, 0.4) is 0 Å². The third kappa shape index (κ3) is 4.59. The molecule has 29 heavy (non-hydrogen) atoms. The van der Waals surface area contributed by atoms with Crippen LogP contribution in [0.1, 0.15) is 27.9 Å². The van der Waals surface area contributed by atoms with E-state index in [0.29, 0.717) is 18.5 Å². The second-order valence-electron chi connectivity index (χ2n) is 6.70. The molecule has 0 atom stereocenters. The lowest BCUT2D eigenvalue weighted by Gasteiger charge is -2.12. The van der Waals surface area contributed by atoms with Crippen LogP contribution in [0.15, 0.2) is 41.3 Å². The Hall–Kier alpha value is -2.87. The largest absolute Gasteiger partial charge is 0.505 e. The number of rotatable bonds is 7. The lowest BCUT2D eigenvalue weighted by molar-refractivity contribution is 0.0949. The standard InChI is InChI=1S/C21H22FN3O3S/c1-25-16-11-14(10-13-4-6-15(22)7-5-13)12-24-18(16)19(26)17(21(25)28)20(27)23-8-3-9-29-2/h4-7,11-12,26H,3,8-10H2,1-2H3,(H,23,27). The zero-order valence-electron chi connectivity index (χ0n) is 16.2. The minimum Gasteiger partial charge on any atom is -0.505 e. The minimum absolute atomic E-state index is 0.184. The van der Waals surface area contributed by atoms with Crippen LogP contribution >= 0.6 is 11.8 Å². The van der Waals surface area contributed by atoms with Crippen LogP contribution in [0.4, 0.5) is 4.39 Å². The fraction of sp³-hybridized carbons (Fsp3) is 0.286. The van der Waals surface area contributed by atoms with Gasteiger partial charge < -0.3 is 15.0 Å². The normalized spacial score (nSPS) is 11.0. The van der Waals surface area contributed by atoms with E-state index in [-0.39, 0.29) is 16.9 Å². The van der Waals surface area contributed by atoms with Crippen LogP contribution < -0.4 is 10.9 Å². The average Bonchev–Trinajstić information content (AvgIpc) is 2.71. The van der Waals surface area contributed by atoms with E-state index in [1.165, 1.54) is 23.7 Å². The molecular formula is C21H22FN3O3S. The highest BCUT2D eigenvalue weighted by molar-refractivity contribution is 7.98. The average molecular weight is 415 g/mol. The number of pyridine rings is 2. The molecule has 3 aromatic rings. The zero-order chi connectivity index (χ0) is 21.0. The number of nitrogens with one attached hydrogen (secondary N) is 1. The lowest BCUT2D eigenvalue weighted by atomic mass is 10.1. The number of carbonyl (C=O) groups excluding carboxylic acids is 1. The zero-order valence-corrected chi connectivity index (χ0v) is 17.1. The molecule has 3 rings (SSSR count). The Morgan fingerprint density at radius 1 is 1.28 bits per heavy atom.